The molecule has 0 aliphatic carbocycles. The molecular formula is C12H9ClO2S. The maximum absolute atomic E-state index is 10.9. The SMILES string of the molecule is O=S(O)c1ccc(-c2ccccc2)c(Cl)c1. The first kappa shape index (κ1) is 11.3. The van der Waals surface area contributed by atoms with Crippen LogP contribution in [0.1, 0.15) is 0 Å². The molecule has 0 fully saturated rings. The quantitative estimate of drug-likeness (QED) is 0.830. The molecule has 4 heteroatoms. The first-order chi connectivity index (χ1) is 7.68. The van der Waals surface area contributed by atoms with Gasteiger partial charge in [0.05, 0.1) is 4.90 Å². The largest absolute Gasteiger partial charge is 0.302 e. The van der Waals surface area contributed by atoms with Gasteiger partial charge in [0.1, 0.15) is 0 Å². The van der Waals surface area contributed by atoms with Crippen molar-refractivity contribution in [2.24, 2.45) is 0 Å². The van der Waals surface area contributed by atoms with Crippen molar-refractivity contribution in [2.75, 3.05) is 0 Å². The van der Waals surface area contributed by atoms with E-state index in [9.17, 15) is 4.21 Å². The Balaban J connectivity index is 2.48. The minimum atomic E-state index is -1.99. The maximum atomic E-state index is 10.9. The molecule has 0 saturated carbocycles. The van der Waals surface area contributed by atoms with Gasteiger partial charge in [-0.15, -0.1) is 0 Å². The molecule has 0 radical (unpaired) electrons. The van der Waals surface area contributed by atoms with Gasteiger partial charge in [-0.05, 0) is 17.7 Å². The second-order valence-corrected chi connectivity index (χ2v) is 4.63. The van der Waals surface area contributed by atoms with Crippen molar-refractivity contribution in [2.45, 2.75) is 4.90 Å². The molecule has 1 unspecified atom stereocenters. The van der Waals surface area contributed by atoms with E-state index >= 15 is 0 Å². The Labute approximate surface area is 101 Å². The first-order valence-electron chi connectivity index (χ1n) is 4.64. The predicted octanol–water partition coefficient (Wildman–Crippen LogP) is 3.59. The fourth-order valence-corrected chi connectivity index (χ4v) is 2.21. The lowest BCUT2D eigenvalue weighted by atomic mass is 10.1. The molecule has 1 atom stereocenters. The zero-order valence-corrected chi connectivity index (χ0v) is 9.83. The molecule has 0 saturated heterocycles. The van der Waals surface area contributed by atoms with Crippen LogP contribution in [0.2, 0.25) is 5.02 Å². The van der Waals surface area contributed by atoms with E-state index in [4.69, 9.17) is 16.2 Å². The third-order valence-electron chi connectivity index (χ3n) is 2.23. The number of hydrogen-bond donors (Lipinski definition) is 1. The van der Waals surface area contributed by atoms with E-state index in [-0.39, 0.29) is 0 Å². The third-order valence-corrected chi connectivity index (χ3v) is 3.20. The number of benzene rings is 2. The van der Waals surface area contributed by atoms with Crippen LogP contribution in [0.4, 0.5) is 0 Å². The summed E-state index contributed by atoms with van der Waals surface area (Å²) >= 11 is 4.07. The Morgan fingerprint density at radius 3 is 2.31 bits per heavy atom. The lowest BCUT2D eigenvalue weighted by Crippen LogP contribution is -1.89. The molecular weight excluding hydrogens is 244 g/mol. The van der Waals surface area contributed by atoms with Crippen LogP contribution in [-0.4, -0.2) is 8.76 Å². The van der Waals surface area contributed by atoms with Gasteiger partial charge in [0.2, 0.25) is 0 Å². The predicted molar refractivity (Wildman–Crippen MR) is 65.9 cm³/mol. The van der Waals surface area contributed by atoms with Gasteiger partial charge in [0, 0.05) is 10.6 Å². The van der Waals surface area contributed by atoms with Gasteiger partial charge in [0.25, 0.3) is 0 Å². The molecule has 0 heterocycles. The summed E-state index contributed by atoms with van der Waals surface area (Å²) in [5.74, 6) is 0. The van der Waals surface area contributed by atoms with E-state index in [1.165, 1.54) is 6.07 Å². The van der Waals surface area contributed by atoms with E-state index in [1.807, 2.05) is 30.3 Å². The minimum Gasteiger partial charge on any atom is -0.302 e. The average molecular weight is 253 g/mol. The van der Waals surface area contributed by atoms with E-state index in [2.05, 4.69) is 0 Å². The minimum absolute atomic E-state index is 0.310. The highest BCUT2D eigenvalue weighted by molar-refractivity contribution is 7.79. The van der Waals surface area contributed by atoms with Crippen molar-refractivity contribution in [3.05, 3.63) is 53.6 Å². The van der Waals surface area contributed by atoms with Gasteiger partial charge < -0.3 is 4.55 Å². The molecule has 82 valence electrons. The second kappa shape index (κ2) is 4.78. The Kier molecular flexibility index (Phi) is 3.39. The van der Waals surface area contributed by atoms with Gasteiger partial charge in [-0.25, -0.2) is 4.21 Å². The van der Waals surface area contributed by atoms with Gasteiger partial charge in [-0.2, -0.15) is 0 Å². The van der Waals surface area contributed by atoms with Gasteiger partial charge >= 0.3 is 0 Å². The summed E-state index contributed by atoms with van der Waals surface area (Å²) in [6.07, 6.45) is 0. The molecule has 0 bridgehead atoms. The van der Waals surface area contributed by atoms with E-state index in [0.29, 0.717) is 9.92 Å². The van der Waals surface area contributed by atoms with Gasteiger partial charge in [-0.3, -0.25) is 0 Å². The Bertz CT molecular complexity index is 526. The van der Waals surface area contributed by atoms with Crippen LogP contribution >= 0.6 is 11.6 Å². The lowest BCUT2D eigenvalue weighted by Gasteiger charge is -2.05. The Hall–Kier alpha value is -1.16. The smallest absolute Gasteiger partial charge is 0.186 e. The fraction of sp³-hybridized carbons (Fsp3) is 0. The molecule has 16 heavy (non-hydrogen) atoms. The summed E-state index contributed by atoms with van der Waals surface area (Å²) in [4.78, 5) is 0.310. The highest BCUT2D eigenvalue weighted by Gasteiger charge is 2.06. The lowest BCUT2D eigenvalue weighted by molar-refractivity contribution is 0.564. The van der Waals surface area contributed by atoms with Gasteiger partial charge in [0.15, 0.2) is 11.1 Å². The Morgan fingerprint density at radius 1 is 1.06 bits per heavy atom. The van der Waals surface area contributed by atoms with Crippen LogP contribution in [0.25, 0.3) is 11.1 Å². The third kappa shape index (κ3) is 2.32. The van der Waals surface area contributed by atoms with Crippen molar-refractivity contribution >= 4 is 22.7 Å². The Morgan fingerprint density at radius 2 is 1.75 bits per heavy atom. The summed E-state index contributed by atoms with van der Waals surface area (Å²) in [5, 5.41) is 0.478. The van der Waals surface area contributed by atoms with Crippen molar-refractivity contribution in [3.63, 3.8) is 0 Å². The fourth-order valence-electron chi connectivity index (χ4n) is 1.46. The monoisotopic (exact) mass is 252 g/mol. The second-order valence-electron chi connectivity index (χ2n) is 3.26. The zero-order valence-electron chi connectivity index (χ0n) is 8.26. The van der Waals surface area contributed by atoms with E-state index in [1.54, 1.807) is 12.1 Å². The van der Waals surface area contributed by atoms with Gasteiger partial charge in [-0.1, -0.05) is 48.0 Å². The van der Waals surface area contributed by atoms with Crippen LogP contribution < -0.4 is 0 Å². The first-order valence-corrected chi connectivity index (χ1v) is 6.13. The van der Waals surface area contributed by atoms with Crippen LogP contribution in [0.3, 0.4) is 0 Å². The van der Waals surface area contributed by atoms with Crippen LogP contribution in [-0.2, 0) is 11.1 Å². The average Bonchev–Trinajstić information content (AvgIpc) is 2.30. The van der Waals surface area contributed by atoms with E-state index < -0.39 is 11.1 Å². The molecule has 2 aromatic rings. The number of hydrogen-bond acceptors (Lipinski definition) is 1. The molecule has 2 nitrogen and oxygen atoms in total. The molecule has 2 rings (SSSR count). The molecule has 2 aromatic carbocycles. The number of rotatable bonds is 2. The molecule has 0 aromatic heterocycles. The van der Waals surface area contributed by atoms with Crippen LogP contribution in [0, 0.1) is 0 Å². The zero-order chi connectivity index (χ0) is 11.5. The summed E-state index contributed by atoms with van der Waals surface area (Å²) < 4.78 is 19.8. The number of halogens is 1. The maximum Gasteiger partial charge on any atom is 0.186 e. The van der Waals surface area contributed by atoms with Crippen LogP contribution in [0.5, 0.6) is 0 Å². The molecule has 1 N–H and O–H groups in total. The van der Waals surface area contributed by atoms with Crippen molar-refractivity contribution in [3.8, 4) is 11.1 Å². The van der Waals surface area contributed by atoms with Crippen molar-refractivity contribution in [1.82, 2.24) is 0 Å². The summed E-state index contributed by atoms with van der Waals surface area (Å²) in [7, 11) is 0. The molecule has 0 amide bonds. The summed E-state index contributed by atoms with van der Waals surface area (Å²) in [6, 6.07) is 14.5. The van der Waals surface area contributed by atoms with Crippen LogP contribution in [0.15, 0.2) is 53.4 Å². The standard InChI is InChI=1S/C12H9ClO2S/c13-12-8-10(16(14)15)6-7-11(12)9-4-2-1-3-5-9/h1-8H,(H,14,15). The highest BCUT2D eigenvalue weighted by Crippen LogP contribution is 2.29. The van der Waals surface area contributed by atoms with E-state index in [0.717, 1.165) is 11.1 Å². The van der Waals surface area contributed by atoms with Crippen molar-refractivity contribution in [1.29, 1.82) is 0 Å². The normalized spacial score (nSPS) is 12.4. The molecule has 0 aliphatic rings. The molecule has 0 spiro atoms. The summed E-state index contributed by atoms with van der Waals surface area (Å²) in [6.45, 7) is 0. The molecule has 0 aliphatic heterocycles. The van der Waals surface area contributed by atoms with Crippen molar-refractivity contribution < 1.29 is 8.76 Å². The topological polar surface area (TPSA) is 37.3 Å². The highest BCUT2D eigenvalue weighted by atomic mass is 35.5. The summed E-state index contributed by atoms with van der Waals surface area (Å²) in [5.41, 5.74) is 1.85.